The molecule has 0 bridgehead atoms. The zero-order valence-electron chi connectivity index (χ0n) is 12.7. The zero-order chi connectivity index (χ0) is 13.8. The molecule has 2 N–H and O–H groups in total. The van der Waals surface area contributed by atoms with Crippen LogP contribution in [0.25, 0.3) is 0 Å². The summed E-state index contributed by atoms with van der Waals surface area (Å²) >= 11 is 0. The van der Waals surface area contributed by atoms with E-state index < -0.39 is 0 Å². The number of oxazole rings is 1. The largest absolute Gasteiger partial charge is 0.444 e. The number of halogens is 1. The number of aryl methyl sites for hydroxylation is 2. The molecule has 1 heterocycles. The van der Waals surface area contributed by atoms with Gasteiger partial charge in [0, 0.05) is 13.1 Å². The highest BCUT2D eigenvalue weighted by atomic mass is 127. The van der Waals surface area contributed by atoms with Crippen LogP contribution in [-0.4, -0.2) is 24.0 Å². The number of rotatable bonds is 5. The Labute approximate surface area is 138 Å². The molecule has 1 fully saturated rings. The SMILES string of the molecule is CCCC1CC1NC(=NC)NCc1nc(C)c(C)o1.I. The smallest absolute Gasteiger partial charge is 0.214 e. The van der Waals surface area contributed by atoms with Crippen LogP contribution in [0.15, 0.2) is 9.41 Å². The summed E-state index contributed by atoms with van der Waals surface area (Å²) in [5, 5.41) is 6.68. The van der Waals surface area contributed by atoms with Crippen molar-refractivity contribution in [2.24, 2.45) is 10.9 Å². The van der Waals surface area contributed by atoms with Gasteiger partial charge in [-0.3, -0.25) is 4.99 Å². The summed E-state index contributed by atoms with van der Waals surface area (Å²) in [5.74, 6) is 3.23. The fourth-order valence-corrected chi connectivity index (χ4v) is 2.26. The van der Waals surface area contributed by atoms with Crippen molar-refractivity contribution in [3.8, 4) is 0 Å². The molecule has 0 radical (unpaired) electrons. The van der Waals surface area contributed by atoms with Crippen LogP contribution in [0.1, 0.15) is 43.5 Å². The first-order chi connectivity index (χ1) is 9.13. The van der Waals surface area contributed by atoms with Gasteiger partial charge in [0.25, 0.3) is 0 Å². The zero-order valence-corrected chi connectivity index (χ0v) is 15.0. The number of nitrogens with zero attached hydrogens (tertiary/aromatic N) is 2. The van der Waals surface area contributed by atoms with Gasteiger partial charge in [-0.15, -0.1) is 24.0 Å². The minimum Gasteiger partial charge on any atom is -0.444 e. The molecule has 5 nitrogen and oxygen atoms in total. The summed E-state index contributed by atoms with van der Waals surface area (Å²) in [6.45, 7) is 6.68. The van der Waals surface area contributed by atoms with Crippen LogP contribution < -0.4 is 10.6 Å². The molecule has 2 atom stereocenters. The average Bonchev–Trinajstić information content (AvgIpc) is 3.03. The molecule has 0 saturated heterocycles. The highest BCUT2D eigenvalue weighted by molar-refractivity contribution is 14.0. The van der Waals surface area contributed by atoms with Gasteiger partial charge in [-0.2, -0.15) is 0 Å². The van der Waals surface area contributed by atoms with Gasteiger partial charge < -0.3 is 15.1 Å². The number of hydrogen-bond acceptors (Lipinski definition) is 3. The predicted molar refractivity (Wildman–Crippen MR) is 91.5 cm³/mol. The summed E-state index contributed by atoms with van der Waals surface area (Å²) in [6, 6.07) is 0.583. The molecule has 114 valence electrons. The lowest BCUT2D eigenvalue weighted by molar-refractivity contribution is 0.463. The Morgan fingerprint density at radius 2 is 2.20 bits per heavy atom. The van der Waals surface area contributed by atoms with E-state index in [-0.39, 0.29) is 24.0 Å². The number of guanidine groups is 1. The van der Waals surface area contributed by atoms with E-state index in [1.165, 1.54) is 19.3 Å². The van der Waals surface area contributed by atoms with Crippen molar-refractivity contribution in [2.75, 3.05) is 7.05 Å². The van der Waals surface area contributed by atoms with Crippen molar-refractivity contribution in [3.05, 3.63) is 17.3 Å². The molecule has 1 saturated carbocycles. The third-order valence-corrected chi connectivity index (χ3v) is 3.61. The Bertz CT molecular complexity index is 439. The van der Waals surface area contributed by atoms with Crippen molar-refractivity contribution < 1.29 is 4.42 Å². The van der Waals surface area contributed by atoms with Crippen LogP contribution in [0.2, 0.25) is 0 Å². The lowest BCUT2D eigenvalue weighted by atomic mass is 10.2. The molecule has 20 heavy (non-hydrogen) atoms. The van der Waals surface area contributed by atoms with Crippen LogP contribution in [0.4, 0.5) is 0 Å². The highest BCUT2D eigenvalue weighted by Gasteiger charge is 2.36. The molecule has 2 rings (SSSR count). The standard InChI is InChI=1S/C14H24N4O.HI/c1-5-6-11-7-12(11)18-14(15-4)16-8-13-17-9(2)10(3)19-13;/h11-12H,5-8H2,1-4H3,(H2,15,16,18);1H. The van der Waals surface area contributed by atoms with Gasteiger partial charge in [-0.05, 0) is 32.6 Å². The molecular weight excluding hydrogens is 367 g/mol. The lowest BCUT2D eigenvalue weighted by Crippen LogP contribution is -2.38. The van der Waals surface area contributed by atoms with Gasteiger partial charge in [-0.25, -0.2) is 4.98 Å². The quantitative estimate of drug-likeness (QED) is 0.460. The Morgan fingerprint density at radius 1 is 1.45 bits per heavy atom. The van der Waals surface area contributed by atoms with Gasteiger partial charge in [0.2, 0.25) is 5.89 Å². The van der Waals surface area contributed by atoms with E-state index in [0.717, 1.165) is 23.3 Å². The fourth-order valence-electron chi connectivity index (χ4n) is 2.26. The van der Waals surface area contributed by atoms with E-state index in [4.69, 9.17) is 4.42 Å². The van der Waals surface area contributed by atoms with Crippen LogP contribution in [0.5, 0.6) is 0 Å². The maximum absolute atomic E-state index is 5.53. The van der Waals surface area contributed by atoms with Crippen molar-refractivity contribution in [1.82, 2.24) is 15.6 Å². The molecule has 1 aromatic rings. The monoisotopic (exact) mass is 392 g/mol. The Kier molecular flexibility index (Phi) is 6.78. The summed E-state index contributed by atoms with van der Waals surface area (Å²) in [5.41, 5.74) is 0.949. The Morgan fingerprint density at radius 3 is 2.75 bits per heavy atom. The van der Waals surface area contributed by atoms with Crippen LogP contribution in [0, 0.1) is 19.8 Å². The molecule has 1 aliphatic rings. The summed E-state index contributed by atoms with van der Waals surface area (Å²) in [4.78, 5) is 8.58. The van der Waals surface area contributed by atoms with Crippen LogP contribution in [0.3, 0.4) is 0 Å². The third kappa shape index (κ3) is 4.64. The molecule has 1 aromatic heterocycles. The van der Waals surface area contributed by atoms with Crippen molar-refractivity contribution in [1.29, 1.82) is 0 Å². The molecular formula is C14H25IN4O. The predicted octanol–water partition coefficient (Wildman–Crippen LogP) is 2.76. The number of aromatic nitrogens is 1. The second-order valence-electron chi connectivity index (χ2n) is 5.21. The fraction of sp³-hybridized carbons (Fsp3) is 0.714. The van der Waals surface area contributed by atoms with E-state index in [0.29, 0.717) is 18.5 Å². The molecule has 1 aliphatic carbocycles. The average molecular weight is 392 g/mol. The topological polar surface area (TPSA) is 62.5 Å². The molecule has 0 spiro atoms. The molecule has 0 amide bonds. The first-order valence-corrected chi connectivity index (χ1v) is 7.04. The normalized spacial score (nSPS) is 21.3. The molecule has 0 aliphatic heterocycles. The van der Waals surface area contributed by atoms with E-state index in [2.05, 4.69) is 27.5 Å². The van der Waals surface area contributed by atoms with E-state index in [9.17, 15) is 0 Å². The number of hydrogen-bond donors (Lipinski definition) is 2. The first kappa shape index (κ1) is 17.3. The summed E-state index contributed by atoms with van der Waals surface area (Å²) in [7, 11) is 1.79. The van der Waals surface area contributed by atoms with Crippen molar-refractivity contribution >= 4 is 29.9 Å². The molecule has 2 unspecified atom stereocenters. The molecule has 6 heteroatoms. The van der Waals surface area contributed by atoms with E-state index >= 15 is 0 Å². The molecule has 0 aromatic carbocycles. The van der Waals surface area contributed by atoms with Crippen LogP contribution in [-0.2, 0) is 6.54 Å². The maximum atomic E-state index is 5.53. The van der Waals surface area contributed by atoms with Gasteiger partial charge in [0.15, 0.2) is 5.96 Å². The Balaban J connectivity index is 0.00000200. The number of nitrogens with one attached hydrogen (secondary N) is 2. The van der Waals surface area contributed by atoms with E-state index in [1.807, 2.05) is 13.8 Å². The minimum absolute atomic E-state index is 0. The second-order valence-corrected chi connectivity index (χ2v) is 5.21. The van der Waals surface area contributed by atoms with Crippen molar-refractivity contribution in [3.63, 3.8) is 0 Å². The maximum Gasteiger partial charge on any atom is 0.214 e. The minimum atomic E-state index is 0. The third-order valence-electron chi connectivity index (χ3n) is 3.61. The van der Waals surface area contributed by atoms with Crippen molar-refractivity contribution in [2.45, 2.75) is 52.6 Å². The lowest BCUT2D eigenvalue weighted by Gasteiger charge is -2.10. The first-order valence-electron chi connectivity index (χ1n) is 7.04. The highest BCUT2D eigenvalue weighted by Crippen LogP contribution is 2.34. The van der Waals surface area contributed by atoms with Crippen LogP contribution >= 0.6 is 24.0 Å². The Hall–Kier alpha value is -0.790. The van der Waals surface area contributed by atoms with E-state index in [1.54, 1.807) is 7.05 Å². The van der Waals surface area contributed by atoms with Gasteiger partial charge in [-0.1, -0.05) is 13.3 Å². The van der Waals surface area contributed by atoms with Gasteiger partial charge >= 0.3 is 0 Å². The van der Waals surface area contributed by atoms with Gasteiger partial charge in [0.1, 0.15) is 5.76 Å². The second kappa shape index (κ2) is 7.85. The number of aliphatic imine (C=N–C) groups is 1. The summed E-state index contributed by atoms with van der Waals surface area (Å²) in [6.07, 6.45) is 3.81. The van der Waals surface area contributed by atoms with Gasteiger partial charge in [0.05, 0.1) is 12.2 Å². The summed E-state index contributed by atoms with van der Waals surface area (Å²) < 4.78 is 5.53.